The van der Waals surface area contributed by atoms with Gasteiger partial charge in [0.2, 0.25) is 0 Å². The fourth-order valence-electron chi connectivity index (χ4n) is 4.21. The van der Waals surface area contributed by atoms with E-state index in [1.165, 1.54) is 32.1 Å². The topological polar surface area (TPSA) is 72.9 Å². The van der Waals surface area contributed by atoms with E-state index in [4.69, 9.17) is 5.73 Å². The molecule has 2 aliphatic rings. The number of nitrogens with two attached hydrogens (primary N) is 1. The predicted molar refractivity (Wildman–Crippen MR) is 102 cm³/mol. The third-order valence-corrected chi connectivity index (χ3v) is 5.81. The molecule has 5 nitrogen and oxygen atoms in total. The first-order valence-corrected chi connectivity index (χ1v) is 9.92. The van der Waals surface area contributed by atoms with Crippen LogP contribution in [0, 0.1) is 5.92 Å². The summed E-state index contributed by atoms with van der Waals surface area (Å²) in [4.78, 5) is 13.0. The second-order valence-electron chi connectivity index (χ2n) is 7.68. The smallest absolute Gasteiger partial charge is 0.255 e. The molecule has 3 N–H and O–H groups in total. The zero-order valence-corrected chi connectivity index (χ0v) is 15.2. The number of hydrogen-bond acceptors (Lipinski definition) is 3. The van der Waals surface area contributed by atoms with E-state index in [-0.39, 0.29) is 11.9 Å². The van der Waals surface area contributed by atoms with E-state index >= 15 is 0 Å². The Bertz CT molecular complexity index is 745. The number of hydrogen-bond donors (Lipinski definition) is 2. The van der Waals surface area contributed by atoms with Gasteiger partial charge in [-0.25, -0.2) is 4.68 Å². The Morgan fingerprint density at radius 1 is 1.15 bits per heavy atom. The zero-order chi connectivity index (χ0) is 17.9. The zero-order valence-electron chi connectivity index (χ0n) is 15.2. The van der Waals surface area contributed by atoms with Gasteiger partial charge in [0.1, 0.15) is 0 Å². The maximum atomic E-state index is 13.0. The lowest BCUT2D eigenvalue weighted by Crippen LogP contribution is -2.46. The lowest BCUT2D eigenvalue weighted by Gasteiger charge is -2.30. The second kappa shape index (κ2) is 7.62. The predicted octanol–water partition coefficient (Wildman–Crippen LogP) is 3.39. The average molecular weight is 352 g/mol. The van der Waals surface area contributed by atoms with Crippen LogP contribution in [0.5, 0.6) is 0 Å². The minimum Gasteiger partial charge on any atom is -0.348 e. The number of benzene rings is 1. The Hall–Kier alpha value is -2.14. The van der Waals surface area contributed by atoms with Crippen molar-refractivity contribution < 1.29 is 4.79 Å². The molecule has 1 atom stereocenters. The number of nitrogens with zero attached hydrogens (tertiary/aromatic N) is 2. The van der Waals surface area contributed by atoms with E-state index in [0.717, 1.165) is 24.2 Å². The number of amides is 1. The van der Waals surface area contributed by atoms with Gasteiger partial charge >= 0.3 is 0 Å². The molecule has 0 bridgehead atoms. The van der Waals surface area contributed by atoms with Crippen molar-refractivity contribution in [2.24, 2.45) is 11.7 Å². The molecular weight excluding hydrogens is 324 g/mol. The molecule has 0 saturated heterocycles. The highest BCUT2D eigenvalue weighted by atomic mass is 16.1. The Balaban J connectivity index is 1.57. The largest absolute Gasteiger partial charge is 0.348 e. The fraction of sp³-hybridized carbons (Fsp3) is 0.524. The molecule has 1 aromatic carbocycles. The van der Waals surface area contributed by atoms with Crippen LogP contribution in [0.2, 0.25) is 0 Å². The van der Waals surface area contributed by atoms with Crippen LogP contribution in [0.3, 0.4) is 0 Å². The molecule has 0 radical (unpaired) electrons. The van der Waals surface area contributed by atoms with E-state index in [9.17, 15) is 4.79 Å². The van der Waals surface area contributed by atoms with Gasteiger partial charge in [-0.15, -0.1) is 0 Å². The highest BCUT2D eigenvalue weighted by Gasteiger charge is 2.34. The molecule has 2 saturated carbocycles. The van der Waals surface area contributed by atoms with Gasteiger partial charge in [-0.2, -0.15) is 5.10 Å². The number of carbonyl (C=O) groups excluding carboxylic acids is 1. The van der Waals surface area contributed by atoms with Crippen LogP contribution in [0.25, 0.3) is 5.69 Å². The Labute approximate surface area is 155 Å². The van der Waals surface area contributed by atoms with Crippen LogP contribution in [0.1, 0.15) is 66.9 Å². The second-order valence-corrected chi connectivity index (χ2v) is 7.68. The number of rotatable bonds is 6. The quantitative estimate of drug-likeness (QED) is 0.837. The average Bonchev–Trinajstić information content (AvgIpc) is 3.45. The molecule has 2 aromatic rings. The summed E-state index contributed by atoms with van der Waals surface area (Å²) >= 11 is 0. The normalized spacial score (nSPS) is 19.3. The summed E-state index contributed by atoms with van der Waals surface area (Å²) in [6, 6.07) is 10.1. The maximum Gasteiger partial charge on any atom is 0.255 e. The molecule has 138 valence electrons. The minimum atomic E-state index is -0.0184. The van der Waals surface area contributed by atoms with Gasteiger partial charge in [-0.3, -0.25) is 4.79 Å². The summed E-state index contributed by atoms with van der Waals surface area (Å²) < 4.78 is 1.94. The maximum absolute atomic E-state index is 13.0. The summed E-state index contributed by atoms with van der Waals surface area (Å²) in [6.45, 7) is 0.502. The van der Waals surface area contributed by atoms with Crippen molar-refractivity contribution in [3.8, 4) is 5.69 Å². The standard InChI is InChI=1S/C21H28N4O/c22-13-19(15-7-3-1-4-8-15)24-21(26)18-14-23-25(20(18)16-11-12-16)17-9-5-2-6-10-17/h2,5-6,9-10,14-16,19H,1,3-4,7-8,11-13,22H2,(H,24,26). The first-order valence-electron chi connectivity index (χ1n) is 9.92. The molecule has 1 unspecified atom stereocenters. The summed E-state index contributed by atoms with van der Waals surface area (Å²) in [5.41, 5.74) is 8.77. The lowest BCUT2D eigenvalue weighted by atomic mass is 9.84. The monoisotopic (exact) mass is 352 g/mol. The van der Waals surface area contributed by atoms with Crippen molar-refractivity contribution in [2.75, 3.05) is 6.54 Å². The Morgan fingerprint density at radius 3 is 2.54 bits per heavy atom. The van der Waals surface area contributed by atoms with Gasteiger partial charge in [0.05, 0.1) is 23.1 Å². The number of carbonyl (C=O) groups is 1. The summed E-state index contributed by atoms with van der Waals surface area (Å²) in [7, 11) is 0. The van der Waals surface area contributed by atoms with Gasteiger partial charge in [-0.05, 0) is 43.7 Å². The summed E-state index contributed by atoms with van der Waals surface area (Å²) in [6.07, 6.45) is 10.1. The molecule has 4 rings (SSSR count). The molecule has 26 heavy (non-hydrogen) atoms. The van der Waals surface area contributed by atoms with E-state index in [2.05, 4.69) is 10.4 Å². The number of para-hydroxylation sites is 1. The molecule has 1 amide bonds. The van der Waals surface area contributed by atoms with E-state index in [1.807, 2.05) is 35.0 Å². The van der Waals surface area contributed by atoms with Crippen LogP contribution in [0.15, 0.2) is 36.5 Å². The Morgan fingerprint density at radius 2 is 1.88 bits per heavy atom. The van der Waals surface area contributed by atoms with Gasteiger partial charge in [-0.1, -0.05) is 37.5 Å². The Kier molecular flexibility index (Phi) is 5.07. The lowest BCUT2D eigenvalue weighted by molar-refractivity contribution is 0.0914. The van der Waals surface area contributed by atoms with Crippen molar-refractivity contribution in [3.63, 3.8) is 0 Å². The van der Waals surface area contributed by atoms with Crippen molar-refractivity contribution in [3.05, 3.63) is 47.8 Å². The van der Waals surface area contributed by atoms with Crippen LogP contribution in [0.4, 0.5) is 0 Å². The van der Waals surface area contributed by atoms with Gasteiger partial charge in [0.15, 0.2) is 0 Å². The molecular formula is C21H28N4O. The molecule has 1 heterocycles. The first-order chi connectivity index (χ1) is 12.8. The molecule has 5 heteroatoms. The molecule has 0 spiro atoms. The highest BCUT2D eigenvalue weighted by molar-refractivity contribution is 5.95. The van der Waals surface area contributed by atoms with Crippen LogP contribution in [-0.2, 0) is 0 Å². The molecule has 2 fully saturated rings. The highest BCUT2D eigenvalue weighted by Crippen LogP contribution is 2.42. The van der Waals surface area contributed by atoms with E-state index in [0.29, 0.717) is 23.9 Å². The van der Waals surface area contributed by atoms with E-state index in [1.54, 1.807) is 6.20 Å². The first kappa shape index (κ1) is 17.3. The van der Waals surface area contributed by atoms with Gasteiger partial charge < -0.3 is 11.1 Å². The molecule has 2 aliphatic carbocycles. The van der Waals surface area contributed by atoms with Crippen molar-refractivity contribution >= 4 is 5.91 Å². The van der Waals surface area contributed by atoms with Crippen LogP contribution in [-0.4, -0.2) is 28.3 Å². The fourth-order valence-corrected chi connectivity index (χ4v) is 4.21. The number of aromatic nitrogens is 2. The van der Waals surface area contributed by atoms with Gasteiger partial charge in [0.25, 0.3) is 5.91 Å². The SMILES string of the molecule is NCC(NC(=O)c1cnn(-c2ccccc2)c1C1CC1)C1CCCCC1. The minimum absolute atomic E-state index is 0.0184. The van der Waals surface area contributed by atoms with Crippen LogP contribution < -0.4 is 11.1 Å². The van der Waals surface area contributed by atoms with Crippen LogP contribution >= 0.6 is 0 Å². The van der Waals surface area contributed by atoms with E-state index < -0.39 is 0 Å². The third-order valence-electron chi connectivity index (χ3n) is 5.81. The van der Waals surface area contributed by atoms with Crippen molar-refractivity contribution in [2.45, 2.75) is 56.9 Å². The molecule has 1 aromatic heterocycles. The van der Waals surface area contributed by atoms with Crippen molar-refractivity contribution in [1.29, 1.82) is 0 Å². The third kappa shape index (κ3) is 3.54. The summed E-state index contributed by atoms with van der Waals surface area (Å²) in [5, 5.41) is 7.76. The van der Waals surface area contributed by atoms with Gasteiger partial charge in [0, 0.05) is 18.5 Å². The molecule has 0 aliphatic heterocycles. The number of nitrogens with one attached hydrogen (secondary N) is 1. The summed E-state index contributed by atoms with van der Waals surface area (Å²) in [5.74, 6) is 0.922. The van der Waals surface area contributed by atoms with Crippen molar-refractivity contribution in [1.82, 2.24) is 15.1 Å².